The summed E-state index contributed by atoms with van der Waals surface area (Å²) in [7, 11) is 0. The van der Waals surface area contributed by atoms with E-state index in [2.05, 4.69) is 13.0 Å². The lowest BCUT2D eigenvalue weighted by atomic mass is 9.92. The highest BCUT2D eigenvalue weighted by molar-refractivity contribution is 5.70. The molecule has 0 aromatic heterocycles. The number of hydrogen-bond donors (Lipinski definition) is 2. The summed E-state index contributed by atoms with van der Waals surface area (Å²) in [6, 6.07) is 8.13. The number of unbranched alkanes of at least 4 members (excludes halogenated alkanes) is 9. The number of aryl methyl sites for hydroxylation is 1. The summed E-state index contributed by atoms with van der Waals surface area (Å²) >= 11 is 0. The van der Waals surface area contributed by atoms with E-state index in [0.717, 1.165) is 18.4 Å². The van der Waals surface area contributed by atoms with Crippen LogP contribution >= 0.6 is 0 Å². The Labute approximate surface area is 159 Å². The number of aliphatic hydroxyl groups excluding tert-OH is 1. The van der Waals surface area contributed by atoms with Gasteiger partial charge in [-0.3, -0.25) is 4.79 Å². The third-order valence-corrected chi connectivity index (χ3v) is 5.31. The first kappa shape index (κ1) is 22.7. The second kappa shape index (κ2) is 13.8. The van der Waals surface area contributed by atoms with Crippen LogP contribution in [0.2, 0.25) is 0 Å². The maximum Gasteiger partial charge on any atom is 0.308 e. The Bertz CT molecular complexity index is 498. The molecule has 148 valence electrons. The van der Waals surface area contributed by atoms with Crippen LogP contribution in [0.4, 0.5) is 0 Å². The van der Waals surface area contributed by atoms with Gasteiger partial charge in [0.25, 0.3) is 0 Å². The molecule has 26 heavy (non-hydrogen) atoms. The molecule has 3 nitrogen and oxygen atoms in total. The molecule has 0 aliphatic carbocycles. The molecular weight excluding hydrogens is 324 g/mol. The summed E-state index contributed by atoms with van der Waals surface area (Å²) in [4.78, 5) is 11.0. The van der Waals surface area contributed by atoms with E-state index in [4.69, 9.17) is 5.11 Å². The van der Waals surface area contributed by atoms with Crippen molar-refractivity contribution in [1.82, 2.24) is 0 Å². The number of rotatable bonds is 15. The Morgan fingerprint density at radius 3 is 1.92 bits per heavy atom. The van der Waals surface area contributed by atoms with Crippen LogP contribution < -0.4 is 0 Å². The Morgan fingerprint density at radius 1 is 0.885 bits per heavy atom. The van der Waals surface area contributed by atoms with Gasteiger partial charge >= 0.3 is 5.97 Å². The Hall–Kier alpha value is -1.35. The van der Waals surface area contributed by atoms with E-state index in [1.54, 1.807) is 6.92 Å². The van der Waals surface area contributed by atoms with Crippen LogP contribution in [0.25, 0.3) is 0 Å². The molecule has 2 N–H and O–H groups in total. The van der Waals surface area contributed by atoms with Crippen molar-refractivity contribution in [2.24, 2.45) is 5.92 Å². The van der Waals surface area contributed by atoms with Crippen LogP contribution in [0.1, 0.15) is 89.2 Å². The molecule has 1 rings (SSSR count). The molecule has 0 fully saturated rings. The van der Waals surface area contributed by atoms with Gasteiger partial charge in [0.2, 0.25) is 0 Å². The van der Waals surface area contributed by atoms with Crippen molar-refractivity contribution in [3.63, 3.8) is 0 Å². The molecule has 0 aliphatic heterocycles. The Balaban J connectivity index is 2.26. The number of carboxylic acids is 1. The quantitative estimate of drug-likeness (QED) is 0.389. The second-order valence-corrected chi connectivity index (χ2v) is 7.60. The number of aliphatic carboxylic acids is 1. The molecular formula is C23H38O3. The predicted molar refractivity (Wildman–Crippen MR) is 109 cm³/mol. The van der Waals surface area contributed by atoms with Gasteiger partial charge in [-0.25, -0.2) is 0 Å². The fourth-order valence-corrected chi connectivity index (χ4v) is 3.37. The van der Waals surface area contributed by atoms with Crippen LogP contribution in [-0.4, -0.2) is 22.3 Å². The van der Waals surface area contributed by atoms with Crippen molar-refractivity contribution in [1.29, 1.82) is 0 Å². The summed E-state index contributed by atoms with van der Waals surface area (Å²) in [5, 5.41) is 19.2. The highest BCUT2D eigenvalue weighted by atomic mass is 16.4. The van der Waals surface area contributed by atoms with Gasteiger partial charge in [-0.2, -0.15) is 0 Å². The summed E-state index contributed by atoms with van der Waals surface area (Å²) in [5.74, 6) is -1.68. The lowest BCUT2D eigenvalue weighted by Crippen LogP contribution is -2.27. The van der Waals surface area contributed by atoms with E-state index in [1.165, 1.54) is 63.4 Å². The van der Waals surface area contributed by atoms with E-state index < -0.39 is 18.0 Å². The summed E-state index contributed by atoms with van der Waals surface area (Å²) in [5.41, 5.74) is 2.34. The normalized spacial score (nSPS) is 13.5. The molecule has 2 atom stereocenters. The number of benzene rings is 1. The zero-order valence-electron chi connectivity index (χ0n) is 16.8. The molecule has 0 heterocycles. The fourth-order valence-electron chi connectivity index (χ4n) is 3.37. The monoisotopic (exact) mass is 362 g/mol. The van der Waals surface area contributed by atoms with Crippen molar-refractivity contribution < 1.29 is 15.0 Å². The van der Waals surface area contributed by atoms with Crippen LogP contribution in [0, 0.1) is 5.92 Å². The zero-order valence-corrected chi connectivity index (χ0v) is 16.8. The van der Waals surface area contributed by atoms with Crippen molar-refractivity contribution >= 4 is 5.97 Å². The predicted octanol–water partition coefficient (Wildman–Crippen LogP) is 5.77. The van der Waals surface area contributed by atoms with Gasteiger partial charge in [-0.1, -0.05) is 89.0 Å². The topological polar surface area (TPSA) is 57.5 Å². The smallest absolute Gasteiger partial charge is 0.308 e. The minimum atomic E-state index is -0.940. The largest absolute Gasteiger partial charge is 0.481 e. The molecule has 0 saturated heterocycles. The minimum absolute atomic E-state index is 0.418. The highest BCUT2D eigenvalue weighted by Gasteiger charge is 2.22. The summed E-state index contributed by atoms with van der Waals surface area (Å²) in [6.45, 7) is 3.82. The van der Waals surface area contributed by atoms with Crippen LogP contribution in [0.15, 0.2) is 24.3 Å². The maximum atomic E-state index is 11.0. The molecule has 0 aliphatic rings. The van der Waals surface area contributed by atoms with E-state index in [1.807, 2.05) is 18.2 Å². The summed E-state index contributed by atoms with van der Waals surface area (Å²) in [6.07, 6.45) is 13.8. The van der Waals surface area contributed by atoms with Gasteiger partial charge in [-0.05, 0) is 37.3 Å². The number of carbonyl (C=O) groups is 1. The van der Waals surface area contributed by atoms with Crippen molar-refractivity contribution in [3.8, 4) is 0 Å². The second-order valence-electron chi connectivity index (χ2n) is 7.60. The average molecular weight is 363 g/mol. The van der Waals surface area contributed by atoms with Crippen molar-refractivity contribution in [2.45, 2.75) is 97.0 Å². The lowest BCUT2D eigenvalue weighted by molar-refractivity contribution is -0.144. The SMILES string of the molecule is CCCCCCCCCCCCc1ccccc1CC(O)C(C)C(=O)O. The fraction of sp³-hybridized carbons (Fsp3) is 0.696. The minimum Gasteiger partial charge on any atom is -0.481 e. The standard InChI is InChI=1S/C23H38O3/c1-3-4-5-6-7-8-9-10-11-12-15-20-16-13-14-17-21(20)18-22(24)19(2)23(25)26/h13-14,16-17,19,22,24H,3-12,15,18H2,1-2H3,(H,25,26). The molecule has 0 spiro atoms. The first-order valence-electron chi connectivity index (χ1n) is 10.5. The van der Waals surface area contributed by atoms with Gasteiger partial charge in [0.1, 0.15) is 0 Å². The third-order valence-electron chi connectivity index (χ3n) is 5.31. The molecule has 1 aromatic rings. The van der Waals surface area contributed by atoms with Gasteiger partial charge in [0.05, 0.1) is 12.0 Å². The molecule has 0 bridgehead atoms. The average Bonchev–Trinajstić information content (AvgIpc) is 2.63. The first-order chi connectivity index (χ1) is 12.6. The van der Waals surface area contributed by atoms with E-state index >= 15 is 0 Å². The van der Waals surface area contributed by atoms with Crippen molar-refractivity contribution in [3.05, 3.63) is 35.4 Å². The lowest BCUT2D eigenvalue weighted by Gasteiger charge is -2.17. The van der Waals surface area contributed by atoms with Crippen molar-refractivity contribution in [2.75, 3.05) is 0 Å². The third kappa shape index (κ3) is 9.38. The van der Waals surface area contributed by atoms with Gasteiger partial charge < -0.3 is 10.2 Å². The van der Waals surface area contributed by atoms with E-state index in [0.29, 0.717) is 6.42 Å². The van der Waals surface area contributed by atoms with E-state index in [-0.39, 0.29) is 0 Å². The van der Waals surface area contributed by atoms with Gasteiger partial charge in [-0.15, -0.1) is 0 Å². The molecule has 0 amide bonds. The summed E-state index contributed by atoms with van der Waals surface area (Å²) < 4.78 is 0. The molecule has 2 unspecified atom stereocenters. The Kier molecular flexibility index (Phi) is 12.0. The molecule has 0 radical (unpaired) electrons. The first-order valence-corrected chi connectivity index (χ1v) is 10.5. The molecule has 1 aromatic carbocycles. The van der Waals surface area contributed by atoms with E-state index in [9.17, 15) is 9.90 Å². The van der Waals surface area contributed by atoms with Crippen LogP contribution in [0.3, 0.4) is 0 Å². The number of carboxylic acid groups (broad SMARTS) is 1. The van der Waals surface area contributed by atoms with Crippen LogP contribution in [0.5, 0.6) is 0 Å². The highest BCUT2D eigenvalue weighted by Crippen LogP contribution is 2.18. The number of aliphatic hydroxyl groups is 1. The van der Waals surface area contributed by atoms with Crippen LogP contribution in [-0.2, 0) is 17.6 Å². The van der Waals surface area contributed by atoms with Gasteiger partial charge in [0, 0.05) is 0 Å². The number of hydrogen-bond acceptors (Lipinski definition) is 2. The molecule has 0 saturated carbocycles. The maximum absolute atomic E-state index is 11.0. The van der Waals surface area contributed by atoms with Gasteiger partial charge in [0.15, 0.2) is 0 Å². The Morgan fingerprint density at radius 2 is 1.38 bits per heavy atom. The molecule has 3 heteroatoms. The zero-order chi connectivity index (χ0) is 19.2.